The molecule has 0 heterocycles. The molecule has 0 aliphatic heterocycles. The van der Waals surface area contributed by atoms with Crippen molar-refractivity contribution < 1.29 is 19.4 Å². The first kappa shape index (κ1) is 15.1. The fourth-order valence-corrected chi connectivity index (χ4v) is 2.57. The highest BCUT2D eigenvalue weighted by Crippen LogP contribution is 2.44. The predicted molar refractivity (Wildman–Crippen MR) is 73.4 cm³/mol. The van der Waals surface area contributed by atoms with E-state index in [9.17, 15) is 9.59 Å². The van der Waals surface area contributed by atoms with Crippen molar-refractivity contribution in [2.45, 2.75) is 50.6 Å². The third-order valence-corrected chi connectivity index (χ3v) is 4.00. The third kappa shape index (κ3) is 4.67. The van der Waals surface area contributed by atoms with Crippen molar-refractivity contribution in [3.05, 3.63) is 0 Å². The summed E-state index contributed by atoms with van der Waals surface area (Å²) in [5.74, 6) is 0.209. The van der Waals surface area contributed by atoms with Crippen LogP contribution in [-0.2, 0) is 9.53 Å². The minimum atomic E-state index is -0.995. The Balaban J connectivity index is 1.76. The summed E-state index contributed by atoms with van der Waals surface area (Å²) in [4.78, 5) is 23.1. The number of methoxy groups -OCH3 is 1. The van der Waals surface area contributed by atoms with Gasteiger partial charge in [-0.05, 0) is 50.4 Å². The molecule has 0 aromatic rings. The second kappa shape index (κ2) is 6.92. The Morgan fingerprint density at radius 2 is 1.80 bits per heavy atom. The van der Waals surface area contributed by atoms with Gasteiger partial charge in [-0.15, -0.1) is 0 Å². The fourth-order valence-electron chi connectivity index (χ4n) is 2.57. The third-order valence-electron chi connectivity index (χ3n) is 4.00. The summed E-state index contributed by atoms with van der Waals surface area (Å²) >= 11 is 0. The average Bonchev–Trinajstić information content (AvgIpc) is 3.28. The second-order valence-electron chi connectivity index (χ2n) is 5.84. The van der Waals surface area contributed by atoms with Gasteiger partial charge in [-0.3, -0.25) is 0 Å². The van der Waals surface area contributed by atoms with E-state index in [1.165, 1.54) is 25.7 Å². The van der Waals surface area contributed by atoms with Crippen molar-refractivity contribution in [1.29, 1.82) is 0 Å². The molecule has 114 valence electrons. The number of aliphatic carboxylic acids is 1. The molecule has 6 heteroatoms. The van der Waals surface area contributed by atoms with Crippen molar-refractivity contribution in [1.82, 2.24) is 10.6 Å². The SMILES string of the molecule is COCCCC(NC(=O)NC(C1CC1)C1CC1)C(=O)O. The van der Waals surface area contributed by atoms with Crippen LogP contribution in [0.3, 0.4) is 0 Å². The average molecular weight is 284 g/mol. The van der Waals surface area contributed by atoms with Crippen molar-refractivity contribution in [3.63, 3.8) is 0 Å². The molecule has 2 aliphatic rings. The van der Waals surface area contributed by atoms with Crippen LogP contribution in [0, 0.1) is 11.8 Å². The quantitative estimate of drug-likeness (QED) is 0.558. The number of amides is 2. The lowest BCUT2D eigenvalue weighted by molar-refractivity contribution is -0.139. The van der Waals surface area contributed by atoms with Crippen LogP contribution in [0.4, 0.5) is 4.79 Å². The number of hydrogen-bond donors (Lipinski definition) is 3. The summed E-state index contributed by atoms with van der Waals surface area (Å²) in [7, 11) is 1.58. The van der Waals surface area contributed by atoms with Gasteiger partial charge in [-0.1, -0.05) is 0 Å². The van der Waals surface area contributed by atoms with Crippen LogP contribution < -0.4 is 10.6 Å². The Morgan fingerprint density at radius 1 is 1.20 bits per heavy atom. The van der Waals surface area contributed by atoms with Gasteiger partial charge < -0.3 is 20.5 Å². The van der Waals surface area contributed by atoms with E-state index in [4.69, 9.17) is 9.84 Å². The molecule has 2 amide bonds. The molecule has 0 spiro atoms. The lowest BCUT2D eigenvalue weighted by Crippen LogP contribution is -2.50. The smallest absolute Gasteiger partial charge is 0.326 e. The van der Waals surface area contributed by atoms with Crippen LogP contribution in [0.5, 0.6) is 0 Å². The topological polar surface area (TPSA) is 87.7 Å². The van der Waals surface area contributed by atoms with Crippen molar-refractivity contribution in [3.8, 4) is 0 Å². The predicted octanol–water partition coefficient (Wildman–Crippen LogP) is 1.35. The molecule has 1 atom stereocenters. The molecule has 1 unspecified atom stereocenters. The maximum atomic E-state index is 11.9. The van der Waals surface area contributed by atoms with Gasteiger partial charge in [0.05, 0.1) is 0 Å². The Bertz CT molecular complexity index is 341. The number of ether oxygens (including phenoxy) is 1. The molecule has 20 heavy (non-hydrogen) atoms. The molecular formula is C14H24N2O4. The van der Waals surface area contributed by atoms with E-state index in [1.807, 2.05) is 0 Å². The standard InChI is InChI=1S/C14H24N2O4/c1-20-8-2-3-11(13(17)18)15-14(19)16-12(9-4-5-9)10-6-7-10/h9-12H,2-8H2,1H3,(H,17,18)(H2,15,16,19). The number of urea groups is 1. The largest absolute Gasteiger partial charge is 0.480 e. The van der Waals surface area contributed by atoms with E-state index in [2.05, 4.69) is 10.6 Å². The van der Waals surface area contributed by atoms with E-state index in [0.29, 0.717) is 31.3 Å². The normalized spacial score (nSPS) is 19.7. The lowest BCUT2D eigenvalue weighted by Gasteiger charge is -2.20. The van der Waals surface area contributed by atoms with Crippen LogP contribution in [0.15, 0.2) is 0 Å². The zero-order valence-corrected chi connectivity index (χ0v) is 11.9. The van der Waals surface area contributed by atoms with Crippen molar-refractivity contribution >= 4 is 12.0 Å². The number of carbonyl (C=O) groups is 2. The number of carboxylic acid groups (broad SMARTS) is 1. The summed E-state index contributed by atoms with van der Waals surface area (Å²) in [6, 6.07) is -0.953. The van der Waals surface area contributed by atoms with Gasteiger partial charge >= 0.3 is 12.0 Å². The molecule has 0 aromatic carbocycles. The Hall–Kier alpha value is -1.30. The summed E-state index contributed by atoms with van der Waals surface area (Å²) in [5, 5.41) is 14.7. The summed E-state index contributed by atoms with van der Waals surface area (Å²) in [6.45, 7) is 0.500. The molecule has 0 saturated heterocycles. The monoisotopic (exact) mass is 284 g/mol. The molecule has 2 fully saturated rings. The highest BCUT2D eigenvalue weighted by molar-refractivity contribution is 5.82. The van der Waals surface area contributed by atoms with Crippen molar-refractivity contribution in [2.75, 3.05) is 13.7 Å². The van der Waals surface area contributed by atoms with E-state index in [0.717, 1.165) is 0 Å². The number of carbonyl (C=O) groups excluding carboxylic acids is 1. The Kier molecular flexibility index (Phi) is 5.23. The van der Waals surface area contributed by atoms with Gasteiger partial charge in [0.1, 0.15) is 6.04 Å². The van der Waals surface area contributed by atoms with Crippen LogP contribution in [-0.4, -0.2) is 42.9 Å². The van der Waals surface area contributed by atoms with Crippen LogP contribution in [0.25, 0.3) is 0 Å². The molecule has 3 N–H and O–H groups in total. The first-order valence-electron chi connectivity index (χ1n) is 7.40. The zero-order valence-electron chi connectivity index (χ0n) is 11.9. The molecule has 2 saturated carbocycles. The highest BCUT2D eigenvalue weighted by atomic mass is 16.5. The molecular weight excluding hydrogens is 260 g/mol. The Morgan fingerprint density at radius 3 is 2.25 bits per heavy atom. The molecule has 6 nitrogen and oxygen atoms in total. The number of nitrogens with one attached hydrogen (secondary N) is 2. The van der Waals surface area contributed by atoms with Gasteiger partial charge in [0.25, 0.3) is 0 Å². The van der Waals surface area contributed by atoms with Crippen LogP contribution in [0.2, 0.25) is 0 Å². The molecule has 0 radical (unpaired) electrons. The van der Waals surface area contributed by atoms with Crippen molar-refractivity contribution in [2.24, 2.45) is 11.8 Å². The van der Waals surface area contributed by atoms with Crippen LogP contribution in [0.1, 0.15) is 38.5 Å². The fraction of sp³-hybridized carbons (Fsp3) is 0.857. The number of hydrogen-bond acceptors (Lipinski definition) is 3. The lowest BCUT2D eigenvalue weighted by atomic mass is 10.1. The summed E-state index contributed by atoms with van der Waals surface area (Å²) in [5.41, 5.74) is 0. The molecule has 0 aromatic heterocycles. The molecule has 2 rings (SSSR count). The van der Waals surface area contributed by atoms with Gasteiger partial charge in [0.15, 0.2) is 0 Å². The first-order chi connectivity index (χ1) is 9.61. The number of carboxylic acids is 1. The van der Waals surface area contributed by atoms with Gasteiger partial charge in [0.2, 0.25) is 0 Å². The second-order valence-corrected chi connectivity index (χ2v) is 5.84. The van der Waals surface area contributed by atoms with E-state index < -0.39 is 12.0 Å². The number of rotatable bonds is 9. The van der Waals surface area contributed by atoms with Gasteiger partial charge in [0, 0.05) is 19.8 Å². The first-order valence-corrected chi connectivity index (χ1v) is 7.40. The molecule has 2 aliphatic carbocycles. The maximum absolute atomic E-state index is 11.9. The maximum Gasteiger partial charge on any atom is 0.326 e. The summed E-state index contributed by atoms with van der Waals surface area (Å²) in [6.07, 6.45) is 5.71. The van der Waals surface area contributed by atoms with Crippen LogP contribution >= 0.6 is 0 Å². The van der Waals surface area contributed by atoms with E-state index >= 15 is 0 Å². The molecule has 0 bridgehead atoms. The Labute approximate surface area is 119 Å². The van der Waals surface area contributed by atoms with E-state index in [-0.39, 0.29) is 12.1 Å². The van der Waals surface area contributed by atoms with E-state index in [1.54, 1.807) is 7.11 Å². The highest BCUT2D eigenvalue weighted by Gasteiger charge is 2.42. The minimum absolute atomic E-state index is 0.239. The minimum Gasteiger partial charge on any atom is -0.480 e. The van der Waals surface area contributed by atoms with Gasteiger partial charge in [-0.2, -0.15) is 0 Å². The zero-order chi connectivity index (χ0) is 14.5. The summed E-state index contributed by atoms with van der Waals surface area (Å²) < 4.78 is 4.90. The van der Waals surface area contributed by atoms with Gasteiger partial charge in [-0.25, -0.2) is 9.59 Å².